The fourth-order valence-corrected chi connectivity index (χ4v) is 2.48. The van der Waals surface area contributed by atoms with E-state index < -0.39 is 6.04 Å². The van der Waals surface area contributed by atoms with Crippen molar-refractivity contribution >= 4 is 11.9 Å². The average molecular weight is 319 g/mol. The molecule has 1 aromatic carbocycles. The molecule has 0 saturated carbocycles. The maximum atomic E-state index is 12.2. The Hall–Kier alpha value is -1.84. The Morgan fingerprint density at radius 1 is 1.00 bits per heavy atom. The van der Waals surface area contributed by atoms with E-state index in [1.54, 1.807) is 24.3 Å². The Kier molecular flexibility index (Phi) is 9.03. The highest BCUT2D eigenvalue weighted by molar-refractivity contribution is 5.96. The predicted molar refractivity (Wildman–Crippen MR) is 92.3 cm³/mol. The lowest BCUT2D eigenvalue weighted by Crippen LogP contribution is -2.41. The highest BCUT2D eigenvalue weighted by atomic mass is 16.5. The van der Waals surface area contributed by atoms with Gasteiger partial charge in [-0.2, -0.15) is 0 Å². The third-order valence-electron chi connectivity index (χ3n) is 3.85. The number of unbranched alkanes of at least 4 members (excludes halogenated alkanes) is 3. The molecule has 0 bridgehead atoms. The minimum absolute atomic E-state index is 0.235. The molecule has 0 aliphatic heterocycles. The lowest BCUT2D eigenvalue weighted by molar-refractivity contribution is -0.143. The van der Waals surface area contributed by atoms with Gasteiger partial charge in [-0.3, -0.25) is 4.79 Å². The molecule has 0 radical (unpaired) electrons. The SMILES string of the molecule is COC(=O)[C@@H](CCCCCCC(C)C)NC(=O)c1ccccc1. The van der Waals surface area contributed by atoms with E-state index in [0.29, 0.717) is 12.0 Å². The van der Waals surface area contributed by atoms with Gasteiger partial charge in [0.05, 0.1) is 7.11 Å². The molecule has 0 unspecified atom stereocenters. The zero-order chi connectivity index (χ0) is 17.1. The van der Waals surface area contributed by atoms with Gasteiger partial charge < -0.3 is 10.1 Å². The fourth-order valence-electron chi connectivity index (χ4n) is 2.48. The number of carbonyl (C=O) groups is 2. The summed E-state index contributed by atoms with van der Waals surface area (Å²) >= 11 is 0. The molecule has 1 N–H and O–H groups in total. The summed E-state index contributed by atoms with van der Waals surface area (Å²) < 4.78 is 4.81. The van der Waals surface area contributed by atoms with Gasteiger partial charge in [0, 0.05) is 5.56 Å². The fraction of sp³-hybridized carbons (Fsp3) is 0.579. The summed E-state index contributed by atoms with van der Waals surface area (Å²) in [6.07, 6.45) is 6.22. The summed E-state index contributed by atoms with van der Waals surface area (Å²) in [5.41, 5.74) is 0.554. The Balaban J connectivity index is 2.41. The lowest BCUT2D eigenvalue weighted by Gasteiger charge is -2.16. The summed E-state index contributed by atoms with van der Waals surface area (Å²) in [4.78, 5) is 24.0. The van der Waals surface area contributed by atoms with Crippen molar-refractivity contribution in [3.05, 3.63) is 35.9 Å². The second-order valence-corrected chi connectivity index (χ2v) is 6.30. The number of amides is 1. The second kappa shape index (κ2) is 10.8. The van der Waals surface area contributed by atoms with Crippen molar-refractivity contribution in [3.8, 4) is 0 Å². The molecule has 128 valence electrons. The average Bonchev–Trinajstić information content (AvgIpc) is 2.56. The van der Waals surface area contributed by atoms with Crippen molar-refractivity contribution in [1.29, 1.82) is 0 Å². The van der Waals surface area contributed by atoms with E-state index in [2.05, 4.69) is 19.2 Å². The van der Waals surface area contributed by atoms with Crippen LogP contribution in [-0.2, 0) is 9.53 Å². The Morgan fingerprint density at radius 3 is 2.17 bits per heavy atom. The van der Waals surface area contributed by atoms with E-state index in [0.717, 1.165) is 18.8 Å². The van der Waals surface area contributed by atoms with Crippen LogP contribution in [0.3, 0.4) is 0 Å². The van der Waals surface area contributed by atoms with Crippen LogP contribution in [0.25, 0.3) is 0 Å². The number of benzene rings is 1. The van der Waals surface area contributed by atoms with Crippen LogP contribution < -0.4 is 5.32 Å². The van der Waals surface area contributed by atoms with Crippen LogP contribution in [0.15, 0.2) is 30.3 Å². The van der Waals surface area contributed by atoms with Gasteiger partial charge >= 0.3 is 5.97 Å². The highest BCUT2D eigenvalue weighted by Gasteiger charge is 2.21. The van der Waals surface area contributed by atoms with E-state index in [1.807, 2.05) is 6.07 Å². The molecule has 23 heavy (non-hydrogen) atoms. The molecule has 0 aromatic heterocycles. The van der Waals surface area contributed by atoms with E-state index >= 15 is 0 Å². The van der Waals surface area contributed by atoms with E-state index in [9.17, 15) is 9.59 Å². The highest BCUT2D eigenvalue weighted by Crippen LogP contribution is 2.12. The Bertz CT molecular complexity index is 471. The van der Waals surface area contributed by atoms with Crippen LogP contribution in [0.5, 0.6) is 0 Å². The van der Waals surface area contributed by atoms with Crippen LogP contribution in [0.4, 0.5) is 0 Å². The third-order valence-corrected chi connectivity index (χ3v) is 3.85. The Morgan fingerprint density at radius 2 is 1.61 bits per heavy atom. The third kappa shape index (κ3) is 7.82. The molecule has 0 aliphatic carbocycles. The molecule has 1 amide bonds. The van der Waals surface area contributed by atoms with Crippen molar-refractivity contribution in [1.82, 2.24) is 5.32 Å². The molecular weight excluding hydrogens is 290 g/mol. The van der Waals surface area contributed by atoms with Gasteiger partial charge in [-0.25, -0.2) is 4.79 Å². The van der Waals surface area contributed by atoms with Crippen LogP contribution in [-0.4, -0.2) is 25.0 Å². The van der Waals surface area contributed by atoms with Gasteiger partial charge in [0.2, 0.25) is 0 Å². The van der Waals surface area contributed by atoms with E-state index in [1.165, 1.54) is 26.4 Å². The number of esters is 1. The lowest BCUT2D eigenvalue weighted by atomic mass is 10.0. The minimum atomic E-state index is -0.571. The second-order valence-electron chi connectivity index (χ2n) is 6.30. The molecule has 1 rings (SSSR count). The first-order valence-corrected chi connectivity index (χ1v) is 8.48. The largest absolute Gasteiger partial charge is 0.467 e. The zero-order valence-corrected chi connectivity index (χ0v) is 14.5. The first-order chi connectivity index (χ1) is 11.0. The summed E-state index contributed by atoms with van der Waals surface area (Å²) in [5, 5.41) is 2.78. The van der Waals surface area contributed by atoms with Crippen molar-refractivity contribution in [2.24, 2.45) is 5.92 Å². The number of hydrogen-bond acceptors (Lipinski definition) is 3. The molecular formula is C19H29NO3. The maximum Gasteiger partial charge on any atom is 0.328 e. The first kappa shape index (κ1) is 19.2. The zero-order valence-electron chi connectivity index (χ0n) is 14.5. The van der Waals surface area contributed by atoms with Crippen molar-refractivity contribution in [2.45, 2.75) is 58.4 Å². The molecule has 1 atom stereocenters. The summed E-state index contributed by atoms with van der Waals surface area (Å²) in [7, 11) is 1.35. The number of nitrogens with one attached hydrogen (secondary N) is 1. The summed E-state index contributed by atoms with van der Waals surface area (Å²) in [6, 6.07) is 8.35. The first-order valence-electron chi connectivity index (χ1n) is 8.48. The number of hydrogen-bond donors (Lipinski definition) is 1. The number of ether oxygens (including phenoxy) is 1. The Labute approximate surface area is 139 Å². The van der Waals surface area contributed by atoms with E-state index in [-0.39, 0.29) is 11.9 Å². The number of carbonyl (C=O) groups excluding carboxylic acids is 2. The monoisotopic (exact) mass is 319 g/mol. The minimum Gasteiger partial charge on any atom is -0.467 e. The summed E-state index contributed by atoms with van der Waals surface area (Å²) in [6.45, 7) is 4.46. The molecule has 0 saturated heterocycles. The molecule has 0 fully saturated rings. The van der Waals surface area contributed by atoms with Crippen molar-refractivity contribution < 1.29 is 14.3 Å². The molecule has 0 aliphatic rings. The standard InChI is InChI=1S/C19H29NO3/c1-15(2)11-7-4-5-10-14-17(19(22)23-3)20-18(21)16-12-8-6-9-13-16/h6,8-9,12-13,15,17H,4-5,7,10-11,14H2,1-3H3,(H,20,21)/t17-/m1/s1. The van der Waals surface area contributed by atoms with Gasteiger partial charge in [0.1, 0.15) is 6.04 Å². The van der Waals surface area contributed by atoms with Gasteiger partial charge in [-0.15, -0.1) is 0 Å². The summed E-state index contributed by atoms with van der Waals surface area (Å²) in [5.74, 6) is 0.125. The van der Waals surface area contributed by atoms with Crippen molar-refractivity contribution in [2.75, 3.05) is 7.11 Å². The molecule has 0 heterocycles. The maximum absolute atomic E-state index is 12.2. The van der Waals surface area contributed by atoms with Crippen LogP contribution in [0.2, 0.25) is 0 Å². The molecule has 0 spiro atoms. The molecule has 4 heteroatoms. The van der Waals surface area contributed by atoms with Crippen LogP contribution in [0, 0.1) is 5.92 Å². The van der Waals surface area contributed by atoms with Crippen LogP contribution in [0.1, 0.15) is 62.7 Å². The van der Waals surface area contributed by atoms with Crippen LogP contribution >= 0.6 is 0 Å². The quantitative estimate of drug-likeness (QED) is 0.525. The van der Waals surface area contributed by atoms with Crippen molar-refractivity contribution in [3.63, 3.8) is 0 Å². The predicted octanol–water partition coefficient (Wildman–Crippen LogP) is 3.95. The smallest absolute Gasteiger partial charge is 0.328 e. The molecule has 4 nitrogen and oxygen atoms in total. The molecule has 1 aromatic rings. The van der Waals surface area contributed by atoms with Gasteiger partial charge in [0.15, 0.2) is 0 Å². The van der Waals surface area contributed by atoms with Gasteiger partial charge in [0.25, 0.3) is 5.91 Å². The topological polar surface area (TPSA) is 55.4 Å². The van der Waals surface area contributed by atoms with E-state index in [4.69, 9.17) is 4.74 Å². The van der Waals surface area contributed by atoms with Gasteiger partial charge in [-0.1, -0.05) is 64.2 Å². The van der Waals surface area contributed by atoms with Gasteiger partial charge in [-0.05, 0) is 24.5 Å². The normalized spacial score (nSPS) is 12.0. The number of methoxy groups -OCH3 is 1. The number of rotatable bonds is 10.